The Hall–Kier alpha value is -2.82. The normalized spacial score (nSPS) is 19.5. The highest BCUT2D eigenvalue weighted by Gasteiger charge is 2.39. The Labute approximate surface area is 160 Å². The molecule has 0 aliphatic carbocycles. The Kier molecular flexibility index (Phi) is 4.96. The topological polar surface area (TPSA) is 65.2 Å². The number of aromatic amines is 1. The predicted molar refractivity (Wildman–Crippen MR) is 111 cm³/mol. The molecule has 1 unspecified atom stereocenters. The number of rotatable bonds is 4. The van der Waals surface area contributed by atoms with Crippen LogP contribution in [0.25, 0.3) is 17.3 Å². The molecule has 1 amide bonds. The van der Waals surface area contributed by atoms with E-state index in [1.165, 1.54) is 0 Å². The first kappa shape index (κ1) is 19.0. The van der Waals surface area contributed by atoms with Crippen LogP contribution in [0.1, 0.15) is 36.5 Å². The largest absolute Gasteiger partial charge is 0.377 e. The van der Waals surface area contributed by atoms with Crippen LogP contribution in [-0.4, -0.2) is 31.5 Å². The Balaban J connectivity index is 2.08. The van der Waals surface area contributed by atoms with Gasteiger partial charge in [0.25, 0.3) is 5.56 Å². The molecule has 2 N–H and O–H groups in total. The predicted octanol–water partition coefficient (Wildman–Crippen LogP) is 3.23. The number of piperidine rings is 1. The number of aryl methyl sites for hydroxylation is 1. The van der Waals surface area contributed by atoms with Crippen LogP contribution in [0, 0.1) is 6.92 Å². The van der Waals surface area contributed by atoms with E-state index in [0.29, 0.717) is 18.5 Å². The third-order valence-corrected chi connectivity index (χ3v) is 5.51. The van der Waals surface area contributed by atoms with Gasteiger partial charge in [-0.1, -0.05) is 18.7 Å². The van der Waals surface area contributed by atoms with Crippen molar-refractivity contribution >= 4 is 17.7 Å². The minimum Gasteiger partial charge on any atom is -0.377 e. The summed E-state index contributed by atoms with van der Waals surface area (Å²) in [5, 5.41) is 2.88. The number of carbonyl (C=O) groups excluding carboxylic acids is 1. The maximum absolute atomic E-state index is 12.8. The zero-order valence-electron chi connectivity index (χ0n) is 16.5. The molecule has 5 nitrogen and oxygen atoms in total. The average Bonchev–Trinajstić information content (AvgIpc) is 2.63. The van der Waals surface area contributed by atoms with E-state index < -0.39 is 5.41 Å². The van der Waals surface area contributed by atoms with Crippen LogP contribution in [0.5, 0.6) is 0 Å². The van der Waals surface area contributed by atoms with Crippen LogP contribution >= 0.6 is 0 Å². The van der Waals surface area contributed by atoms with Crippen molar-refractivity contribution in [3.63, 3.8) is 0 Å². The van der Waals surface area contributed by atoms with E-state index in [0.717, 1.165) is 34.5 Å². The lowest BCUT2D eigenvalue weighted by molar-refractivity contribution is -0.128. The van der Waals surface area contributed by atoms with E-state index >= 15 is 0 Å². The smallest absolute Gasteiger partial charge is 0.252 e. The summed E-state index contributed by atoms with van der Waals surface area (Å²) in [6.45, 7) is 8.46. The molecule has 1 aromatic carbocycles. The van der Waals surface area contributed by atoms with Gasteiger partial charge in [0.15, 0.2) is 0 Å². The second-order valence-corrected chi connectivity index (χ2v) is 7.63. The van der Waals surface area contributed by atoms with Gasteiger partial charge in [0.05, 0.1) is 5.41 Å². The van der Waals surface area contributed by atoms with Crippen LogP contribution in [0.2, 0.25) is 0 Å². The first-order chi connectivity index (χ1) is 12.8. The van der Waals surface area contributed by atoms with E-state index in [1.54, 1.807) is 6.07 Å². The van der Waals surface area contributed by atoms with Gasteiger partial charge in [-0.3, -0.25) is 9.59 Å². The molecule has 0 saturated carbocycles. The van der Waals surface area contributed by atoms with Crippen molar-refractivity contribution in [1.82, 2.24) is 10.3 Å². The molecule has 0 radical (unpaired) electrons. The highest BCUT2D eigenvalue weighted by molar-refractivity contribution is 5.88. The Bertz CT molecular complexity index is 959. The lowest BCUT2D eigenvalue weighted by atomic mass is 9.76. The van der Waals surface area contributed by atoms with Gasteiger partial charge in [0.1, 0.15) is 0 Å². The van der Waals surface area contributed by atoms with Crippen molar-refractivity contribution in [2.75, 3.05) is 25.5 Å². The van der Waals surface area contributed by atoms with Crippen molar-refractivity contribution in [1.29, 1.82) is 0 Å². The van der Waals surface area contributed by atoms with E-state index in [4.69, 9.17) is 0 Å². The fraction of sp³-hybridized carbons (Fsp3) is 0.364. The van der Waals surface area contributed by atoms with Gasteiger partial charge >= 0.3 is 0 Å². The Morgan fingerprint density at radius 1 is 1.22 bits per heavy atom. The van der Waals surface area contributed by atoms with Crippen molar-refractivity contribution in [2.45, 2.75) is 32.1 Å². The van der Waals surface area contributed by atoms with Crippen LogP contribution in [-0.2, 0) is 10.2 Å². The maximum atomic E-state index is 12.8. The summed E-state index contributed by atoms with van der Waals surface area (Å²) in [5.74, 6) is -0.0759. The molecule has 1 atom stereocenters. The molecule has 0 bridgehead atoms. The Morgan fingerprint density at radius 3 is 2.56 bits per heavy atom. The molecule has 27 heavy (non-hydrogen) atoms. The van der Waals surface area contributed by atoms with Gasteiger partial charge < -0.3 is 15.2 Å². The average molecular weight is 365 g/mol. The second kappa shape index (κ2) is 7.06. The summed E-state index contributed by atoms with van der Waals surface area (Å²) >= 11 is 0. The van der Waals surface area contributed by atoms with Gasteiger partial charge in [-0.15, -0.1) is 0 Å². The summed E-state index contributed by atoms with van der Waals surface area (Å²) in [4.78, 5) is 30.2. The zero-order chi connectivity index (χ0) is 19.8. The molecule has 1 aromatic heterocycles. The lowest BCUT2D eigenvalue weighted by Crippen LogP contribution is -2.49. The fourth-order valence-electron chi connectivity index (χ4n) is 3.86. The second-order valence-electron chi connectivity index (χ2n) is 7.63. The SMILES string of the molecule is C=Cc1c(C)cc(-c2ccc(C3(C)CCCNC3=O)c(=O)[nH]2)cc1N(C)C. The van der Waals surface area contributed by atoms with E-state index in [-0.39, 0.29) is 11.5 Å². The summed E-state index contributed by atoms with van der Waals surface area (Å²) < 4.78 is 0. The minimum atomic E-state index is -0.776. The number of amides is 1. The number of aromatic nitrogens is 1. The van der Waals surface area contributed by atoms with Crippen LogP contribution < -0.4 is 15.8 Å². The molecular weight excluding hydrogens is 338 g/mol. The van der Waals surface area contributed by atoms with Gasteiger partial charge in [-0.2, -0.15) is 0 Å². The summed E-state index contributed by atoms with van der Waals surface area (Å²) in [7, 11) is 3.97. The van der Waals surface area contributed by atoms with E-state index in [2.05, 4.69) is 16.9 Å². The highest BCUT2D eigenvalue weighted by Crippen LogP contribution is 2.32. The summed E-state index contributed by atoms with van der Waals surface area (Å²) in [6, 6.07) is 7.78. The fourth-order valence-corrected chi connectivity index (χ4v) is 3.86. The standard InChI is InChI=1S/C22H27N3O2/c1-6-16-14(2)12-15(13-19(16)25(4)5)18-9-8-17(20(26)24-18)22(3)10-7-11-23-21(22)27/h6,8-9,12-13H,1,7,10-11H2,2-5H3,(H,23,27)(H,24,26). The third kappa shape index (κ3) is 3.29. The van der Waals surface area contributed by atoms with Crippen LogP contribution in [0.15, 0.2) is 35.6 Å². The highest BCUT2D eigenvalue weighted by atomic mass is 16.2. The third-order valence-electron chi connectivity index (χ3n) is 5.51. The number of benzene rings is 1. The van der Waals surface area contributed by atoms with Crippen molar-refractivity contribution in [3.8, 4) is 11.3 Å². The van der Waals surface area contributed by atoms with Gasteiger partial charge in [-0.05, 0) is 50.5 Å². The van der Waals surface area contributed by atoms with Crippen molar-refractivity contribution in [3.05, 3.63) is 57.9 Å². The van der Waals surface area contributed by atoms with Crippen molar-refractivity contribution in [2.24, 2.45) is 0 Å². The molecule has 1 fully saturated rings. The molecule has 1 saturated heterocycles. The molecule has 1 aliphatic heterocycles. The quantitative estimate of drug-likeness (QED) is 0.874. The molecule has 2 aromatic rings. The number of anilines is 1. The number of nitrogens with one attached hydrogen (secondary N) is 2. The number of H-pyrrole nitrogens is 1. The molecule has 3 rings (SSSR count). The van der Waals surface area contributed by atoms with E-state index in [9.17, 15) is 9.59 Å². The van der Waals surface area contributed by atoms with Gasteiger partial charge in [0.2, 0.25) is 5.91 Å². The van der Waals surface area contributed by atoms with Crippen LogP contribution in [0.3, 0.4) is 0 Å². The number of nitrogens with zero attached hydrogens (tertiary/aromatic N) is 1. The minimum absolute atomic E-state index is 0.0759. The first-order valence-corrected chi connectivity index (χ1v) is 9.25. The molecule has 0 spiro atoms. The molecular formula is C22H27N3O2. The zero-order valence-corrected chi connectivity index (χ0v) is 16.5. The number of carbonyl (C=O) groups is 1. The lowest BCUT2D eigenvalue weighted by Gasteiger charge is -2.32. The molecule has 142 valence electrons. The Morgan fingerprint density at radius 2 is 1.96 bits per heavy atom. The maximum Gasteiger partial charge on any atom is 0.252 e. The summed E-state index contributed by atoms with van der Waals surface area (Å²) in [5.41, 5.74) is 4.43. The number of pyridine rings is 1. The molecule has 2 heterocycles. The molecule has 5 heteroatoms. The monoisotopic (exact) mass is 365 g/mol. The van der Waals surface area contributed by atoms with Gasteiger partial charge in [0, 0.05) is 48.7 Å². The molecule has 1 aliphatic rings. The van der Waals surface area contributed by atoms with Crippen molar-refractivity contribution < 1.29 is 4.79 Å². The van der Waals surface area contributed by atoms with Gasteiger partial charge in [-0.25, -0.2) is 0 Å². The number of hydrogen-bond donors (Lipinski definition) is 2. The first-order valence-electron chi connectivity index (χ1n) is 9.25. The summed E-state index contributed by atoms with van der Waals surface area (Å²) in [6.07, 6.45) is 3.40. The van der Waals surface area contributed by atoms with E-state index in [1.807, 2.05) is 57.1 Å². The van der Waals surface area contributed by atoms with Crippen LogP contribution in [0.4, 0.5) is 5.69 Å². The number of hydrogen-bond acceptors (Lipinski definition) is 3.